The molecule has 1 saturated heterocycles. The number of anilines is 3. The van der Waals surface area contributed by atoms with Gasteiger partial charge in [-0.25, -0.2) is 0 Å². The molecule has 0 aromatic heterocycles. The van der Waals surface area contributed by atoms with E-state index in [2.05, 4.69) is 10.2 Å². The average Bonchev–Trinajstić information content (AvgIpc) is 3.00. The van der Waals surface area contributed by atoms with Crippen molar-refractivity contribution < 1.29 is 32.0 Å². The van der Waals surface area contributed by atoms with Crippen molar-refractivity contribution in [2.45, 2.75) is 12.2 Å². The van der Waals surface area contributed by atoms with Crippen LogP contribution in [-0.4, -0.2) is 68.1 Å². The molecule has 3 aromatic carbocycles. The van der Waals surface area contributed by atoms with E-state index in [0.717, 1.165) is 37.4 Å². The largest absolute Gasteiger partial charge is 0.416 e. The SMILES string of the molecule is CN(CCN1CCOCC1)C(C(=O)N(F)c1ccc(C(F)(F)F)cc1)c1ccc(C=CC(=O)Nc2ccccc2N)cc1. The van der Waals surface area contributed by atoms with Gasteiger partial charge in [-0.15, -0.1) is 5.12 Å². The van der Waals surface area contributed by atoms with Crippen molar-refractivity contribution in [3.63, 3.8) is 0 Å². The number of para-hydroxylation sites is 2. The summed E-state index contributed by atoms with van der Waals surface area (Å²) in [5, 5.41) is 2.58. The first-order valence-electron chi connectivity index (χ1n) is 13.6. The van der Waals surface area contributed by atoms with Crippen molar-refractivity contribution in [1.82, 2.24) is 9.80 Å². The van der Waals surface area contributed by atoms with Crippen LogP contribution >= 0.6 is 0 Å². The van der Waals surface area contributed by atoms with Gasteiger partial charge in [-0.3, -0.25) is 19.4 Å². The third-order valence-electron chi connectivity index (χ3n) is 7.06. The molecule has 3 aromatic rings. The third kappa shape index (κ3) is 8.63. The Hall–Kier alpha value is -4.26. The summed E-state index contributed by atoms with van der Waals surface area (Å²) in [6.45, 7) is 3.70. The molecular formula is C31H33F4N5O3. The molecule has 228 valence electrons. The zero-order valence-corrected chi connectivity index (χ0v) is 23.6. The predicted molar refractivity (Wildman–Crippen MR) is 158 cm³/mol. The number of carbonyl (C=O) groups is 2. The minimum Gasteiger partial charge on any atom is -0.397 e. The summed E-state index contributed by atoms with van der Waals surface area (Å²) in [6.07, 6.45) is -1.66. The van der Waals surface area contributed by atoms with Crippen LogP contribution in [0.2, 0.25) is 0 Å². The molecule has 43 heavy (non-hydrogen) atoms. The molecule has 0 spiro atoms. The Morgan fingerprint density at radius 3 is 2.30 bits per heavy atom. The lowest BCUT2D eigenvalue weighted by molar-refractivity contribution is -0.137. The Morgan fingerprint density at radius 2 is 1.67 bits per heavy atom. The van der Waals surface area contributed by atoms with Crippen molar-refractivity contribution >= 4 is 35.0 Å². The Morgan fingerprint density at radius 1 is 1.02 bits per heavy atom. The highest BCUT2D eigenvalue weighted by Crippen LogP contribution is 2.32. The number of hydrogen-bond donors (Lipinski definition) is 2. The molecule has 1 aliphatic heterocycles. The van der Waals surface area contributed by atoms with Crippen LogP contribution < -0.4 is 16.2 Å². The number of ether oxygens (including phenoxy) is 1. The van der Waals surface area contributed by atoms with Crippen LogP contribution in [0.5, 0.6) is 0 Å². The van der Waals surface area contributed by atoms with Gasteiger partial charge in [-0.1, -0.05) is 40.9 Å². The van der Waals surface area contributed by atoms with Gasteiger partial charge >= 0.3 is 6.18 Å². The monoisotopic (exact) mass is 599 g/mol. The predicted octanol–water partition coefficient (Wildman–Crippen LogP) is 5.16. The lowest BCUT2D eigenvalue weighted by atomic mass is 10.0. The van der Waals surface area contributed by atoms with Crippen molar-refractivity contribution in [3.8, 4) is 0 Å². The third-order valence-corrected chi connectivity index (χ3v) is 7.06. The number of hydrogen-bond acceptors (Lipinski definition) is 6. The first kappa shape index (κ1) is 31.7. The molecule has 0 radical (unpaired) electrons. The highest BCUT2D eigenvalue weighted by atomic mass is 19.4. The van der Waals surface area contributed by atoms with E-state index in [1.807, 2.05) is 0 Å². The summed E-state index contributed by atoms with van der Waals surface area (Å²) < 4.78 is 59.8. The van der Waals surface area contributed by atoms with Gasteiger partial charge in [-0.2, -0.15) is 13.2 Å². The summed E-state index contributed by atoms with van der Waals surface area (Å²) in [5.41, 5.74) is 6.65. The zero-order valence-electron chi connectivity index (χ0n) is 23.6. The summed E-state index contributed by atoms with van der Waals surface area (Å²) >= 11 is 0. The maximum absolute atomic E-state index is 15.4. The maximum Gasteiger partial charge on any atom is 0.416 e. The molecular weight excluding hydrogens is 566 g/mol. The summed E-state index contributed by atoms with van der Waals surface area (Å²) in [4.78, 5) is 29.7. The summed E-state index contributed by atoms with van der Waals surface area (Å²) in [7, 11) is 1.69. The number of amides is 2. The van der Waals surface area contributed by atoms with E-state index in [4.69, 9.17) is 10.5 Å². The number of nitrogens with two attached hydrogens (primary N) is 1. The second-order valence-corrected chi connectivity index (χ2v) is 10.1. The van der Waals surface area contributed by atoms with Gasteiger partial charge in [-0.05, 0) is 60.6 Å². The molecule has 1 heterocycles. The van der Waals surface area contributed by atoms with E-state index >= 15 is 4.48 Å². The van der Waals surface area contributed by atoms with Crippen molar-refractivity contribution in [3.05, 3.63) is 95.6 Å². The average molecular weight is 600 g/mol. The zero-order chi connectivity index (χ0) is 31.0. The topological polar surface area (TPSA) is 91.1 Å². The Labute approximate surface area is 247 Å². The number of carbonyl (C=O) groups excluding carboxylic acids is 2. The smallest absolute Gasteiger partial charge is 0.397 e. The highest BCUT2D eigenvalue weighted by molar-refractivity contribution is 6.03. The van der Waals surface area contributed by atoms with E-state index < -0.39 is 23.7 Å². The second-order valence-electron chi connectivity index (χ2n) is 10.1. The molecule has 2 amide bonds. The van der Waals surface area contributed by atoms with Gasteiger partial charge in [0.05, 0.1) is 35.8 Å². The number of morpholine rings is 1. The number of benzene rings is 3. The van der Waals surface area contributed by atoms with Crippen LogP contribution in [0.15, 0.2) is 78.9 Å². The molecule has 3 N–H and O–H groups in total. The molecule has 8 nitrogen and oxygen atoms in total. The van der Waals surface area contributed by atoms with Gasteiger partial charge in [0.1, 0.15) is 6.04 Å². The van der Waals surface area contributed by atoms with Gasteiger partial charge < -0.3 is 15.8 Å². The molecule has 1 fully saturated rings. The first-order chi connectivity index (χ1) is 20.5. The van der Waals surface area contributed by atoms with E-state index in [0.29, 0.717) is 48.8 Å². The minimum atomic E-state index is -4.59. The summed E-state index contributed by atoms with van der Waals surface area (Å²) in [6, 6.07) is 15.8. The van der Waals surface area contributed by atoms with Crippen LogP contribution in [0.3, 0.4) is 0 Å². The number of halogens is 4. The standard InChI is InChI=1S/C31H33F4N5O3/c1-38(16-17-39-18-20-43-21-19-39)29(30(42)40(35)25-13-11-24(12-14-25)31(32,33)34)23-9-6-22(7-10-23)8-15-28(41)37-27-5-3-2-4-26(27)36/h2-15,29H,16-21,36H2,1H3,(H,37,41). The fraction of sp³-hybridized carbons (Fsp3) is 0.290. The molecule has 0 bridgehead atoms. The molecule has 0 aliphatic carbocycles. The lowest BCUT2D eigenvalue weighted by Crippen LogP contribution is -2.44. The number of nitrogen functional groups attached to an aromatic ring is 1. The lowest BCUT2D eigenvalue weighted by Gasteiger charge is -2.32. The highest BCUT2D eigenvalue weighted by Gasteiger charge is 2.33. The normalized spacial score (nSPS) is 15.0. The first-order valence-corrected chi connectivity index (χ1v) is 13.6. The Balaban J connectivity index is 1.51. The number of nitrogens with one attached hydrogen (secondary N) is 1. The van der Waals surface area contributed by atoms with Crippen LogP contribution in [0.25, 0.3) is 6.08 Å². The Kier molecular flexibility index (Phi) is 10.5. The van der Waals surface area contributed by atoms with Crippen LogP contribution in [0.4, 0.5) is 34.7 Å². The quantitative estimate of drug-likeness (QED) is 0.145. The van der Waals surface area contributed by atoms with Crippen LogP contribution in [0, 0.1) is 0 Å². The molecule has 1 atom stereocenters. The number of alkyl halides is 3. The van der Waals surface area contributed by atoms with Gasteiger partial charge in [0.25, 0.3) is 5.91 Å². The van der Waals surface area contributed by atoms with Crippen molar-refractivity contribution in [2.24, 2.45) is 0 Å². The van der Waals surface area contributed by atoms with Crippen molar-refractivity contribution in [2.75, 3.05) is 62.6 Å². The van der Waals surface area contributed by atoms with E-state index in [9.17, 15) is 22.8 Å². The van der Waals surface area contributed by atoms with Gasteiger partial charge in [0, 0.05) is 32.3 Å². The fourth-order valence-electron chi connectivity index (χ4n) is 4.60. The van der Waals surface area contributed by atoms with Crippen LogP contribution in [0.1, 0.15) is 22.7 Å². The number of nitrogens with zero attached hydrogens (tertiary/aromatic N) is 3. The summed E-state index contributed by atoms with van der Waals surface area (Å²) in [5.74, 6) is -1.34. The number of likely N-dealkylation sites (N-methyl/N-ethyl adjacent to an activating group) is 1. The van der Waals surface area contributed by atoms with Gasteiger partial charge in [0.15, 0.2) is 0 Å². The minimum absolute atomic E-state index is 0.122. The Bertz CT molecular complexity index is 1410. The van der Waals surface area contributed by atoms with E-state index in [-0.39, 0.29) is 16.7 Å². The molecule has 12 heteroatoms. The molecule has 1 aliphatic rings. The van der Waals surface area contributed by atoms with Crippen LogP contribution in [-0.2, 0) is 20.5 Å². The van der Waals surface area contributed by atoms with Gasteiger partial charge in [0.2, 0.25) is 5.91 Å². The fourth-order valence-corrected chi connectivity index (χ4v) is 4.60. The van der Waals surface area contributed by atoms with E-state index in [1.54, 1.807) is 66.6 Å². The molecule has 1 unspecified atom stereocenters. The maximum atomic E-state index is 15.4. The molecule has 0 saturated carbocycles. The number of rotatable bonds is 10. The van der Waals surface area contributed by atoms with E-state index in [1.165, 1.54) is 6.08 Å². The second kappa shape index (κ2) is 14.3. The molecule has 4 rings (SSSR count). The van der Waals surface area contributed by atoms with Crippen molar-refractivity contribution in [1.29, 1.82) is 0 Å².